The van der Waals surface area contributed by atoms with Gasteiger partial charge >= 0.3 is 5.97 Å². The molecule has 0 saturated heterocycles. The zero-order valence-corrected chi connectivity index (χ0v) is 10.1. The van der Waals surface area contributed by atoms with Crippen LogP contribution in [0.3, 0.4) is 0 Å². The Balaban J connectivity index is 1.83. The summed E-state index contributed by atoms with van der Waals surface area (Å²) in [5.41, 5.74) is -0.206. The minimum absolute atomic E-state index is 0.0473. The zero-order valence-electron chi connectivity index (χ0n) is 10.1. The average Bonchev–Trinajstić information content (AvgIpc) is 2.99. The fourth-order valence-electron chi connectivity index (χ4n) is 2.40. The Morgan fingerprint density at radius 2 is 2.17 bits per heavy atom. The van der Waals surface area contributed by atoms with Crippen molar-refractivity contribution >= 4 is 11.9 Å². The summed E-state index contributed by atoms with van der Waals surface area (Å²) >= 11 is 0. The molecule has 1 aromatic rings. The van der Waals surface area contributed by atoms with E-state index >= 15 is 0 Å². The second kappa shape index (κ2) is 5.66. The van der Waals surface area contributed by atoms with E-state index in [1.165, 1.54) is 32.0 Å². The summed E-state index contributed by atoms with van der Waals surface area (Å²) in [6.07, 6.45) is 7.20. The van der Waals surface area contributed by atoms with Gasteiger partial charge in [-0.2, -0.15) is 0 Å². The van der Waals surface area contributed by atoms with Crippen LogP contribution in [0.1, 0.15) is 53.1 Å². The van der Waals surface area contributed by atoms with E-state index in [-0.39, 0.29) is 11.4 Å². The number of hydrogen-bond acceptors (Lipinski definition) is 3. The number of rotatable bonds is 5. The van der Waals surface area contributed by atoms with Crippen molar-refractivity contribution in [1.29, 1.82) is 0 Å². The predicted molar refractivity (Wildman–Crippen MR) is 64.5 cm³/mol. The van der Waals surface area contributed by atoms with Crippen LogP contribution in [0.4, 0.5) is 0 Å². The number of carbonyl (C=O) groups is 2. The Morgan fingerprint density at radius 3 is 2.83 bits per heavy atom. The molecule has 1 aliphatic carbocycles. The fourth-order valence-corrected chi connectivity index (χ4v) is 2.40. The van der Waals surface area contributed by atoms with Crippen LogP contribution in [0, 0.1) is 5.92 Å². The number of amides is 1. The van der Waals surface area contributed by atoms with E-state index < -0.39 is 11.9 Å². The predicted octanol–water partition coefficient (Wildman–Crippen LogP) is 1.42. The number of aromatic amines is 1. The van der Waals surface area contributed by atoms with Gasteiger partial charge in [0.15, 0.2) is 11.4 Å². The third-order valence-corrected chi connectivity index (χ3v) is 3.38. The molecule has 0 unspecified atom stereocenters. The second-order valence-corrected chi connectivity index (χ2v) is 4.63. The molecular weight excluding hydrogens is 234 g/mol. The van der Waals surface area contributed by atoms with Crippen molar-refractivity contribution in [2.75, 3.05) is 6.54 Å². The highest BCUT2D eigenvalue weighted by Gasteiger charge is 2.20. The highest BCUT2D eigenvalue weighted by atomic mass is 16.4. The molecule has 0 atom stereocenters. The second-order valence-electron chi connectivity index (χ2n) is 4.63. The number of H-pyrrole nitrogens is 1. The van der Waals surface area contributed by atoms with Crippen LogP contribution in [0.2, 0.25) is 0 Å². The average molecular weight is 251 g/mol. The highest BCUT2D eigenvalue weighted by molar-refractivity contribution is 6.02. The molecule has 1 heterocycles. The number of carboxylic acid groups (broad SMARTS) is 1. The first-order valence-electron chi connectivity index (χ1n) is 6.23. The van der Waals surface area contributed by atoms with Gasteiger partial charge in [0.2, 0.25) is 0 Å². The summed E-state index contributed by atoms with van der Waals surface area (Å²) in [5.74, 6) is -0.900. The van der Waals surface area contributed by atoms with Gasteiger partial charge in [-0.25, -0.2) is 9.78 Å². The number of carbonyl (C=O) groups excluding carboxylic acids is 1. The lowest BCUT2D eigenvalue weighted by Gasteiger charge is -2.09. The van der Waals surface area contributed by atoms with Gasteiger partial charge in [0.25, 0.3) is 5.91 Å². The molecule has 0 radical (unpaired) electrons. The first kappa shape index (κ1) is 12.6. The lowest BCUT2D eigenvalue weighted by atomic mass is 10.0. The minimum Gasteiger partial charge on any atom is -0.477 e. The summed E-state index contributed by atoms with van der Waals surface area (Å²) in [7, 11) is 0. The standard InChI is InChI=1S/C12H17N3O3/c16-11(9-10(12(17)18)15-7-14-9)13-6-5-8-3-1-2-4-8/h7-8H,1-6H2,(H,13,16)(H,14,15)(H,17,18). The van der Waals surface area contributed by atoms with Crippen molar-refractivity contribution in [3.05, 3.63) is 17.7 Å². The van der Waals surface area contributed by atoms with Gasteiger partial charge in [-0.15, -0.1) is 0 Å². The summed E-state index contributed by atoms with van der Waals surface area (Å²) in [6.45, 7) is 0.579. The van der Waals surface area contributed by atoms with Crippen LogP contribution in [-0.4, -0.2) is 33.5 Å². The molecule has 6 heteroatoms. The Morgan fingerprint density at radius 1 is 1.44 bits per heavy atom. The topological polar surface area (TPSA) is 95.1 Å². The van der Waals surface area contributed by atoms with Gasteiger partial charge < -0.3 is 15.4 Å². The van der Waals surface area contributed by atoms with Crippen LogP contribution in [0.25, 0.3) is 0 Å². The Bertz CT molecular complexity index is 436. The van der Waals surface area contributed by atoms with Crippen molar-refractivity contribution in [3.63, 3.8) is 0 Å². The Labute approximate surface area is 105 Å². The van der Waals surface area contributed by atoms with Gasteiger partial charge in [0.1, 0.15) is 0 Å². The summed E-state index contributed by atoms with van der Waals surface area (Å²) in [5, 5.41) is 11.6. The summed E-state index contributed by atoms with van der Waals surface area (Å²) in [4.78, 5) is 28.8. The van der Waals surface area contributed by atoms with Gasteiger partial charge in [-0.1, -0.05) is 25.7 Å². The number of nitrogens with one attached hydrogen (secondary N) is 2. The normalized spacial score (nSPS) is 15.8. The molecule has 1 amide bonds. The van der Waals surface area contributed by atoms with E-state index in [0.29, 0.717) is 12.5 Å². The first-order chi connectivity index (χ1) is 8.68. The van der Waals surface area contributed by atoms with E-state index in [4.69, 9.17) is 5.11 Å². The Hall–Kier alpha value is -1.85. The lowest BCUT2D eigenvalue weighted by molar-refractivity contribution is 0.0685. The lowest BCUT2D eigenvalue weighted by Crippen LogP contribution is -2.27. The molecule has 0 aromatic carbocycles. The third-order valence-electron chi connectivity index (χ3n) is 3.38. The number of aromatic nitrogens is 2. The fraction of sp³-hybridized carbons (Fsp3) is 0.583. The molecular formula is C12H17N3O3. The molecule has 0 aliphatic heterocycles. The molecule has 1 saturated carbocycles. The van der Waals surface area contributed by atoms with Gasteiger partial charge in [0.05, 0.1) is 6.33 Å². The first-order valence-corrected chi connectivity index (χ1v) is 6.23. The van der Waals surface area contributed by atoms with Crippen molar-refractivity contribution in [2.45, 2.75) is 32.1 Å². The number of nitrogens with zero attached hydrogens (tertiary/aromatic N) is 1. The molecule has 1 aliphatic rings. The molecule has 98 valence electrons. The van der Waals surface area contributed by atoms with Crippen LogP contribution in [0.15, 0.2) is 6.33 Å². The zero-order chi connectivity index (χ0) is 13.0. The van der Waals surface area contributed by atoms with Crippen LogP contribution < -0.4 is 5.32 Å². The van der Waals surface area contributed by atoms with Gasteiger partial charge in [-0.05, 0) is 12.3 Å². The van der Waals surface area contributed by atoms with Crippen LogP contribution >= 0.6 is 0 Å². The molecule has 0 spiro atoms. The summed E-state index contributed by atoms with van der Waals surface area (Å²) in [6, 6.07) is 0. The van der Waals surface area contributed by atoms with Crippen molar-refractivity contribution in [2.24, 2.45) is 5.92 Å². The highest BCUT2D eigenvalue weighted by Crippen LogP contribution is 2.26. The SMILES string of the molecule is O=C(NCCC1CCCC1)c1nc[nH]c1C(=O)O. The maximum Gasteiger partial charge on any atom is 0.354 e. The molecule has 1 fully saturated rings. The van der Waals surface area contributed by atoms with E-state index in [0.717, 1.165) is 6.42 Å². The van der Waals surface area contributed by atoms with Crippen LogP contribution in [0.5, 0.6) is 0 Å². The van der Waals surface area contributed by atoms with E-state index in [1.54, 1.807) is 0 Å². The quantitative estimate of drug-likeness (QED) is 0.737. The van der Waals surface area contributed by atoms with E-state index in [2.05, 4.69) is 15.3 Å². The van der Waals surface area contributed by atoms with E-state index in [9.17, 15) is 9.59 Å². The Kier molecular flexibility index (Phi) is 3.96. The third kappa shape index (κ3) is 2.88. The molecule has 6 nitrogen and oxygen atoms in total. The molecule has 0 bridgehead atoms. The van der Waals surface area contributed by atoms with Crippen molar-refractivity contribution in [3.8, 4) is 0 Å². The maximum absolute atomic E-state index is 11.7. The molecule has 1 aromatic heterocycles. The molecule has 3 N–H and O–H groups in total. The van der Waals surface area contributed by atoms with Crippen molar-refractivity contribution in [1.82, 2.24) is 15.3 Å². The monoisotopic (exact) mass is 251 g/mol. The van der Waals surface area contributed by atoms with E-state index in [1.807, 2.05) is 0 Å². The number of aromatic carboxylic acids is 1. The van der Waals surface area contributed by atoms with Crippen molar-refractivity contribution < 1.29 is 14.7 Å². The smallest absolute Gasteiger partial charge is 0.354 e. The largest absolute Gasteiger partial charge is 0.477 e. The van der Waals surface area contributed by atoms with Gasteiger partial charge in [-0.3, -0.25) is 4.79 Å². The number of carboxylic acids is 1. The number of imidazole rings is 1. The number of hydrogen-bond donors (Lipinski definition) is 3. The van der Waals surface area contributed by atoms with Crippen LogP contribution in [-0.2, 0) is 0 Å². The maximum atomic E-state index is 11.7. The molecule has 18 heavy (non-hydrogen) atoms. The minimum atomic E-state index is -1.17. The molecule has 2 rings (SSSR count). The van der Waals surface area contributed by atoms with Gasteiger partial charge in [0, 0.05) is 6.54 Å². The summed E-state index contributed by atoms with van der Waals surface area (Å²) < 4.78 is 0.